The first-order valence-corrected chi connectivity index (χ1v) is 9.72. The number of carbonyl (C=O) groups excluding carboxylic acids is 1. The predicted molar refractivity (Wildman–Crippen MR) is 108 cm³/mol. The molecular weight excluding hydrogens is 398 g/mol. The van der Waals surface area contributed by atoms with Crippen LogP contribution in [0, 0.1) is 22.7 Å². The fourth-order valence-corrected chi connectivity index (χ4v) is 4.54. The molecule has 28 heavy (non-hydrogen) atoms. The SMILES string of the molecule is COc1cc(/C=C(\C#N)C(=O)Nc2sc3c(c2C#N)CCCC3)cc(Cl)c1O. The summed E-state index contributed by atoms with van der Waals surface area (Å²) in [5.74, 6) is -0.693. The van der Waals surface area contributed by atoms with E-state index in [2.05, 4.69) is 11.4 Å². The van der Waals surface area contributed by atoms with Crippen LogP contribution in [0.4, 0.5) is 5.00 Å². The van der Waals surface area contributed by atoms with Crippen molar-refractivity contribution >= 4 is 39.9 Å². The quantitative estimate of drug-likeness (QED) is 0.570. The van der Waals surface area contributed by atoms with E-state index < -0.39 is 5.91 Å². The lowest BCUT2D eigenvalue weighted by atomic mass is 9.96. The number of phenolic OH excluding ortho intramolecular Hbond substituents is 1. The number of aryl methyl sites for hydroxylation is 1. The normalized spacial score (nSPS) is 13.2. The van der Waals surface area contributed by atoms with Crippen molar-refractivity contribution < 1.29 is 14.6 Å². The number of hydrogen-bond donors (Lipinski definition) is 2. The van der Waals surface area contributed by atoms with Crippen LogP contribution < -0.4 is 10.1 Å². The Morgan fingerprint density at radius 3 is 2.79 bits per heavy atom. The molecule has 1 aliphatic rings. The highest BCUT2D eigenvalue weighted by molar-refractivity contribution is 7.16. The van der Waals surface area contributed by atoms with Crippen molar-refractivity contribution in [3.63, 3.8) is 0 Å². The van der Waals surface area contributed by atoms with E-state index in [9.17, 15) is 20.4 Å². The summed E-state index contributed by atoms with van der Waals surface area (Å²) in [6.45, 7) is 0. The second kappa shape index (κ2) is 8.35. The summed E-state index contributed by atoms with van der Waals surface area (Å²) in [7, 11) is 1.37. The summed E-state index contributed by atoms with van der Waals surface area (Å²) >= 11 is 7.35. The van der Waals surface area contributed by atoms with E-state index in [0.717, 1.165) is 36.1 Å². The summed E-state index contributed by atoms with van der Waals surface area (Å²) in [6.07, 6.45) is 5.18. The van der Waals surface area contributed by atoms with Crippen molar-refractivity contribution in [2.75, 3.05) is 12.4 Å². The van der Waals surface area contributed by atoms with Gasteiger partial charge < -0.3 is 15.2 Å². The van der Waals surface area contributed by atoms with E-state index in [4.69, 9.17) is 16.3 Å². The van der Waals surface area contributed by atoms with Crippen LogP contribution >= 0.6 is 22.9 Å². The van der Waals surface area contributed by atoms with E-state index in [-0.39, 0.29) is 22.1 Å². The van der Waals surface area contributed by atoms with Gasteiger partial charge in [-0.05, 0) is 55.0 Å². The van der Waals surface area contributed by atoms with Crippen molar-refractivity contribution in [2.45, 2.75) is 25.7 Å². The first kappa shape index (κ1) is 19.8. The molecule has 8 heteroatoms. The van der Waals surface area contributed by atoms with E-state index in [1.54, 1.807) is 0 Å². The molecule has 0 radical (unpaired) electrons. The number of amides is 1. The summed E-state index contributed by atoms with van der Waals surface area (Å²) < 4.78 is 5.03. The molecule has 0 bridgehead atoms. The fraction of sp³-hybridized carbons (Fsp3) is 0.250. The molecule has 0 spiro atoms. The number of carbonyl (C=O) groups is 1. The number of aromatic hydroxyl groups is 1. The highest BCUT2D eigenvalue weighted by atomic mass is 35.5. The number of ether oxygens (including phenoxy) is 1. The second-order valence-electron chi connectivity index (χ2n) is 6.20. The summed E-state index contributed by atoms with van der Waals surface area (Å²) in [5, 5.41) is 31.9. The molecule has 0 unspecified atom stereocenters. The van der Waals surface area contributed by atoms with Gasteiger partial charge in [-0.3, -0.25) is 4.79 Å². The zero-order valence-electron chi connectivity index (χ0n) is 15.0. The number of fused-ring (bicyclic) bond motifs is 1. The maximum absolute atomic E-state index is 12.6. The number of thiophene rings is 1. The summed E-state index contributed by atoms with van der Waals surface area (Å²) in [5.41, 5.74) is 1.77. The largest absolute Gasteiger partial charge is 0.503 e. The number of anilines is 1. The summed E-state index contributed by atoms with van der Waals surface area (Å²) in [4.78, 5) is 13.7. The van der Waals surface area contributed by atoms with Gasteiger partial charge in [0.2, 0.25) is 0 Å². The minimum Gasteiger partial charge on any atom is -0.503 e. The minimum atomic E-state index is -0.610. The zero-order chi connectivity index (χ0) is 20.3. The highest BCUT2D eigenvalue weighted by Crippen LogP contribution is 2.38. The Hall–Kier alpha value is -3.00. The molecule has 0 aliphatic heterocycles. The number of hydrogen-bond acceptors (Lipinski definition) is 6. The maximum atomic E-state index is 12.6. The van der Waals surface area contributed by atoms with Gasteiger partial charge in [0.05, 0.1) is 17.7 Å². The van der Waals surface area contributed by atoms with Gasteiger partial charge in [-0.15, -0.1) is 11.3 Å². The van der Waals surface area contributed by atoms with Crippen LogP contribution in [0.5, 0.6) is 11.5 Å². The Labute approximate surface area is 171 Å². The van der Waals surface area contributed by atoms with Gasteiger partial charge in [0.1, 0.15) is 22.7 Å². The molecule has 0 saturated carbocycles. The average Bonchev–Trinajstić information content (AvgIpc) is 3.05. The highest BCUT2D eigenvalue weighted by Gasteiger charge is 2.22. The molecule has 0 saturated heterocycles. The molecular formula is C20H16ClN3O3S. The summed E-state index contributed by atoms with van der Waals surface area (Å²) in [6, 6.07) is 6.94. The van der Waals surface area contributed by atoms with Gasteiger partial charge in [0, 0.05) is 4.88 Å². The molecule has 1 aromatic heterocycles. The fourth-order valence-electron chi connectivity index (χ4n) is 3.09. The van der Waals surface area contributed by atoms with Crippen LogP contribution in [0.3, 0.4) is 0 Å². The Kier molecular flexibility index (Phi) is 5.89. The number of methoxy groups -OCH3 is 1. The molecule has 1 aromatic carbocycles. The maximum Gasteiger partial charge on any atom is 0.266 e. The Balaban J connectivity index is 1.91. The van der Waals surface area contributed by atoms with Crippen molar-refractivity contribution in [2.24, 2.45) is 0 Å². The number of halogens is 1. The van der Waals surface area contributed by atoms with Crippen LogP contribution in [-0.2, 0) is 17.6 Å². The van der Waals surface area contributed by atoms with Gasteiger partial charge in [-0.25, -0.2) is 0 Å². The Morgan fingerprint density at radius 1 is 1.36 bits per heavy atom. The molecule has 6 nitrogen and oxygen atoms in total. The average molecular weight is 414 g/mol. The molecule has 142 valence electrons. The van der Waals surface area contributed by atoms with Gasteiger partial charge >= 0.3 is 0 Å². The molecule has 1 heterocycles. The lowest BCUT2D eigenvalue weighted by molar-refractivity contribution is -0.112. The van der Waals surface area contributed by atoms with Crippen molar-refractivity contribution in [1.29, 1.82) is 10.5 Å². The number of benzene rings is 1. The zero-order valence-corrected chi connectivity index (χ0v) is 16.6. The third kappa shape index (κ3) is 3.82. The van der Waals surface area contributed by atoms with Gasteiger partial charge in [-0.1, -0.05) is 11.6 Å². The van der Waals surface area contributed by atoms with Crippen molar-refractivity contribution in [1.82, 2.24) is 0 Å². The molecule has 1 aliphatic carbocycles. The van der Waals surface area contributed by atoms with Crippen LogP contribution in [0.15, 0.2) is 17.7 Å². The monoisotopic (exact) mass is 413 g/mol. The molecule has 2 N–H and O–H groups in total. The van der Waals surface area contributed by atoms with Crippen molar-refractivity contribution in [3.8, 4) is 23.6 Å². The number of nitrogens with zero attached hydrogens (tertiary/aromatic N) is 2. The van der Waals surface area contributed by atoms with Gasteiger partial charge in [0.25, 0.3) is 5.91 Å². The van der Waals surface area contributed by atoms with Crippen LogP contribution in [-0.4, -0.2) is 18.1 Å². The predicted octanol–water partition coefficient (Wildman–Crippen LogP) is 4.41. The number of rotatable bonds is 4. The van der Waals surface area contributed by atoms with Gasteiger partial charge in [-0.2, -0.15) is 10.5 Å². The van der Waals surface area contributed by atoms with Crippen LogP contribution in [0.25, 0.3) is 6.08 Å². The lowest BCUT2D eigenvalue weighted by Crippen LogP contribution is -2.13. The first-order valence-electron chi connectivity index (χ1n) is 8.52. The molecule has 2 aromatic rings. The third-order valence-electron chi connectivity index (χ3n) is 4.46. The number of nitrogens with one attached hydrogen (secondary N) is 1. The second-order valence-corrected chi connectivity index (χ2v) is 7.72. The van der Waals surface area contributed by atoms with E-state index in [1.165, 1.54) is 36.7 Å². The van der Waals surface area contributed by atoms with E-state index >= 15 is 0 Å². The Morgan fingerprint density at radius 2 is 2.11 bits per heavy atom. The minimum absolute atomic E-state index is 0.0426. The van der Waals surface area contributed by atoms with E-state index in [0.29, 0.717) is 16.1 Å². The topological polar surface area (TPSA) is 106 Å². The van der Waals surface area contributed by atoms with E-state index in [1.807, 2.05) is 6.07 Å². The standard InChI is InChI=1S/C20H16ClN3O3S/c1-27-16-8-11(7-15(21)18(16)25)6-12(9-22)19(26)24-20-14(10-23)13-4-2-3-5-17(13)28-20/h6-8,25H,2-5H2,1H3,(H,24,26)/b12-6+. The molecule has 3 rings (SSSR count). The molecule has 1 amide bonds. The molecule has 0 fully saturated rings. The third-order valence-corrected chi connectivity index (χ3v) is 5.95. The van der Waals surface area contributed by atoms with Crippen LogP contribution in [0.2, 0.25) is 5.02 Å². The van der Waals surface area contributed by atoms with Crippen molar-refractivity contribution in [3.05, 3.63) is 44.3 Å². The first-order chi connectivity index (χ1) is 13.5. The lowest BCUT2D eigenvalue weighted by Gasteiger charge is -2.09. The Bertz CT molecular complexity index is 1060. The van der Waals surface area contributed by atoms with Gasteiger partial charge in [0.15, 0.2) is 11.5 Å². The number of phenols is 1. The molecule has 0 atom stereocenters. The smallest absolute Gasteiger partial charge is 0.266 e. The number of nitriles is 2. The van der Waals surface area contributed by atoms with Crippen LogP contribution in [0.1, 0.15) is 34.4 Å².